The fraction of sp³-hybridized carbons (Fsp3) is 0. The van der Waals surface area contributed by atoms with Crippen molar-refractivity contribution in [3.8, 4) is 17.5 Å². The average molecular weight is 315 g/mol. The van der Waals surface area contributed by atoms with E-state index in [-0.39, 0.29) is 5.56 Å². The number of nitrogens with one attached hydrogen (secondary N) is 1. The molecule has 2 aromatic heterocycles. The predicted molar refractivity (Wildman–Crippen MR) is 74.7 cm³/mol. The summed E-state index contributed by atoms with van der Waals surface area (Å²) < 4.78 is 6.62. The van der Waals surface area contributed by atoms with Crippen LogP contribution in [0.15, 0.2) is 50.1 Å². The van der Waals surface area contributed by atoms with E-state index in [4.69, 9.17) is 9.68 Å². The summed E-state index contributed by atoms with van der Waals surface area (Å²) in [7, 11) is 0. The highest BCUT2D eigenvalue weighted by molar-refractivity contribution is 9.10. The van der Waals surface area contributed by atoms with Crippen molar-refractivity contribution >= 4 is 26.9 Å². The summed E-state index contributed by atoms with van der Waals surface area (Å²) in [5.74, 6) is 0.565. The standard InChI is InChI=1S/C14H7BrN2O2/c15-10-2-4-12-9(5-10)6-13(19-12)11-3-1-8(7-16)14(18)17-11/h1-6H,(H,17,18). The van der Waals surface area contributed by atoms with E-state index in [1.165, 1.54) is 6.07 Å². The van der Waals surface area contributed by atoms with E-state index in [0.717, 1.165) is 15.4 Å². The molecule has 2 heterocycles. The summed E-state index contributed by atoms with van der Waals surface area (Å²) in [5.41, 5.74) is 0.962. The number of aromatic nitrogens is 1. The Hall–Kier alpha value is -2.32. The van der Waals surface area contributed by atoms with Crippen molar-refractivity contribution in [3.63, 3.8) is 0 Å². The Kier molecular flexibility index (Phi) is 2.73. The second kappa shape index (κ2) is 4.41. The first-order valence-corrected chi connectivity index (χ1v) is 6.29. The van der Waals surface area contributed by atoms with Gasteiger partial charge in [-0.25, -0.2) is 0 Å². The van der Waals surface area contributed by atoms with Crippen molar-refractivity contribution in [2.45, 2.75) is 0 Å². The van der Waals surface area contributed by atoms with E-state index in [2.05, 4.69) is 20.9 Å². The van der Waals surface area contributed by atoms with Crippen LogP contribution in [0.2, 0.25) is 0 Å². The van der Waals surface area contributed by atoms with Gasteiger partial charge in [-0.15, -0.1) is 0 Å². The summed E-state index contributed by atoms with van der Waals surface area (Å²) in [6, 6.07) is 12.5. The van der Waals surface area contributed by atoms with Crippen LogP contribution in [0, 0.1) is 11.3 Å². The van der Waals surface area contributed by atoms with E-state index in [1.807, 2.05) is 30.3 Å². The number of benzene rings is 1. The molecule has 0 radical (unpaired) electrons. The molecule has 0 atom stereocenters. The number of H-pyrrole nitrogens is 1. The lowest BCUT2D eigenvalue weighted by molar-refractivity contribution is 0.628. The minimum Gasteiger partial charge on any atom is -0.455 e. The van der Waals surface area contributed by atoms with Gasteiger partial charge in [-0.2, -0.15) is 5.26 Å². The molecule has 1 aromatic carbocycles. The number of aromatic amines is 1. The highest BCUT2D eigenvalue weighted by Crippen LogP contribution is 2.28. The summed E-state index contributed by atoms with van der Waals surface area (Å²) in [6.07, 6.45) is 0. The lowest BCUT2D eigenvalue weighted by atomic mass is 10.2. The van der Waals surface area contributed by atoms with Gasteiger partial charge in [0.2, 0.25) is 0 Å². The van der Waals surface area contributed by atoms with Crippen LogP contribution >= 0.6 is 15.9 Å². The quantitative estimate of drug-likeness (QED) is 0.748. The molecule has 0 spiro atoms. The third kappa shape index (κ3) is 2.07. The third-order valence-electron chi connectivity index (χ3n) is 2.77. The molecule has 0 unspecified atom stereocenters. The first-order valence-electron chi connectivity index (χ1n) is 5.50. The molecule has 1 N–H and O–H groups in total. The van der Waals surface area contributed by atoms with Crippen molar-refractivity contribution in [1.82, 2.24) is 4.98 Å². The molecule has 92 valence electrons. The number of hydrogen-bond donors (Lipinski definition) is 1. The Morgan fingerprint density at radius 2 is 2.05 bits per heavy atom. The molecule has 0 amide bonds. The van der Waals surface area contributed by atoms with Crippen LogP contribution in [0.4, 0.5) is 0 Å². The highest BCUT2D eigenvalue weighted by Gasteiger charge is 2.08. The highest BCUT2D eigenvalue weighted by atomic mass is 79.9. The van der Waals surface area contributed by atoms with Crippen LogP contribution in [0.3, 0.4) is 0 Å². The van der Waals surface area contributed by atoms with E-state index in [9.17, 15) is 4.79 Å². The molecule has 0 saturated heterocycles. The monoisotopic (exact) mass is 314 g/mol. The first kappa shape index (κ1) is 11.8. The number of nitrogens with zero attached hydrogens (tertiary/aromatic N) is 1. The number of rotatable bonds is 1. The molecular weight excluding hydrogens is 308 g/mol. The smallest absolute Gasteiger partial charge is 0.266 e. The van der Waals surface area contributed by atoms with E-state index >= 15 is 0 Å². The van der Waals surface area contributed by atoms with Crippen LogP contribution in [0.5, 0.6) is 0 Å². The molecule has 5 heteroatoms. The van der Waals surface area contributed by atoms with Crippen LogP contribution < -0.4 is 5.56 Å². The summed E-state index contributed by atoms with van der Waals surface area (Å²) >= 11 is 3.39. The van der Waals surface area contributed by atoms with Gasteiger partial charge in [-0.1, -0.05) is 15.9 Å². The minimum atomic E-state index is -0.415. The van der Waals surface area contributed by atoms with Crippen molar-refractivity contribution in [3.05, 3.63) is 56.8 Å². The zero-order chi connectivity index (χ0) is 13.4. The summed E-state index contributed by atoms with van der Waals surface area (Å²) in [4.78, 5) is 14.2. The van der Waals surface area contributed by atoms with Gasteiger partial charge in [-0.3, -0.25) is 4.79 Å². The Bertz CT molecular complexity index is 871. The van der Waals surface area contributed by atoms with Gasteiger partial charge in [0.1, 0.15) is 17.2 Å². The largest absolute Gasteiger partial charge is 0.455 e. The van der Waals surface area contributed by atoms with Crippen molar-refractivity contribution in [2.75, 3.05) is 0 Å². The maximum Gasteiger partial charge on any atom is 0.266 e. The van der Waals surface area contributed by atoms with Crippen molar-refractivity contribution in [2.24, 2.45) is 0 Å². The molecule has 4 nitrogen and oxygen atoms in total. The second-order valence-corrected chi connectivity index (χ2v) is 4.94. The molecule has 0 aliphatic heterocycles. The SMILES string of the molecule is N#Cc1ccc(-c2cc3cc(Br)ccc3o2)[nH]c1=O. The number of halogens is 1. The fourth-order valence-electron chi connectivity index (χ4n) is 1.85. The topological polar surface area (TPSA) is 69.8 Å². The Labute approximate surface area is 116 Å². The van der Waals surface area contributed by atoms with Crippen LogP contribution in [0.1, 0.15) is 5.56 Å². The number of hydrogen-bond acceptors (Lipinski definition) is 3. The predicted octanol–water partition coefficient (Wildman–Crippen LogP) is 3.42. The van der Waals surface area contributed by atoms with E-state index < -0.39 is 5.56 Å². The maximum atomic E-state index is 11.6. The summed E-state index contributed by atoms with van der Waals surface area (Å²) in [5, 5.41) is 9.67. The number of nitriles is 1. The van der Waals surface area contributed by atoms with Gasteiger partial charge in [0.15, 0.2) is 5.76 Å². The zero-order valence-corrected chi connectivity index (χ0v) is 11.2. The molecule has 0 fully saturated rings. The number of pyridine rings is 1. The number of furan rings is 1. The molecule has 0 aliphatic carbocycles. The van der Waals surface area contributed by atoms with Crippen LogP contribution in [-0.4, -0.2) is 4.98 Å². The lowest BCUT2D eigenvalue weighted by Crippen LogP contribution is -2.09. The van der Waals surface area contributed by atoms with Gasteiger partial charge in [0.05, 0.1) is 5.69 Å². The molecule has 3 rings (SSSR count). The lowest BCUT2D eigenvalue weighted by Gasteiger charge is -1.95. The molecule has 19 heavy (non-hydrogen) atoms. The van der Waals surface area contributed by atoms with Gasteiger partial charge in [-0.05, 0) is 36.4 Å². The Morgan fingerprint density at radius 1 is 1.21 bits per heavy atom. The van der Waals surface area contributed by atoms with Gasteiger partial charge in [0.25, 0.3) is 5.56 Å². The molecule has 0 aliphatic rings. The zero-order valence-electron chi connectivity index (χ0n) is 9.61. The molecule has 0 saturated carbocycles. The van der Waals surface area contributed by atoms with Crippen molar-refractivity contribution in [1.29, 1.82) is 5.26 Å². The first-order chi connectivity index (χ1) is 9.17. The normalized spacial score (nSPS) is 10.5. The van der Waals surface area contributed by atoms with E-state index in [0.29, 0.717) is 11.5 Å². The Balaban J connectivity index is 2.17. The van der Waals surface area contributed by atoms with Crippen molar-refractivity contribution < 1.29 is 4.42 Å². The van der Waals surface area contributed by atoms with Gasteiger partial charge < -0.3 is 9.40 Å². The van der Waals surface area contributed by atoms with E-state index in [1.54, 1.807) is 6.07 Å². The molecule has 0 bridgehead atoms. The molecular formula is C14H7BrN2O2. The Morgan fingerprint density at radius 3 is 2.79 bits per heavy atom. The second-order valence-electron chi connectivity index (χ2n) is 4.02. The summed E-state index contributed by atoms with van der Waals surface area (Å²) in [6.45, 7) is 0. The molecule has 3 aromatic rings. The average Bonchev–Trinajstić information content (AvgIpc) is 2.81. The fourth-order valence-corrected chi connectivity index (χ4v) is 2.23. The van der Waals surface area contributed by atoms with Crippen LogP contribution in [0.25, 0.3) is 22.4 Å². The van der Waals surface area contributed by atoms with Crippen LogP contribution in [-0.2, 0) is 0 Å². The number of fused-ring (bicyclic) bond motifs is 1. The third-order valence-corrected chi connectivity index (χ3v) is 3.27. The minimum absolute atomic E-state index is 0.0857. The van der Waals surface area contributed by atoms with Gasteiger partial charge >= 0.3 is 0 Å². The van der Waals surface area contributed by atoms with Gasteiger partial charge in [0, 0.05) is 9.86 Å². The maximum absolute atomic E-state index is 11.6.